The Bertz CT molecular complexity index is 463. The topological polar surface area (TPSA) is 85.3 Å². The summed E-state index contributed by atoms with van der Waals surface area (Å²) in [6.07, 6.45) is -0.869. The molecule has 0 radical (unpaired) electrons. The van der Waals surface area contributed by atoms with Crippen LogP contribution in [0, 0.1) is 4.91 Å². The molecule has 0 aromatic heterocycles. The number of ether oxygens (including phenoxy) is 2. The standard InChI is InChI=1S/C13H16N2O5/c1-3-20-13(17)15(14-18)11(12(16)19-2)9-10-7-5-4-6-8-10/h4-8,11H,3,9H2,1-2H3. The van der Waals surface area contributed by atoms with E-state index in [9.17, 15) is 14.5 Å². The van der Waals surface area contributed by atoms with Gasteiger partial charge in [0.15, 0.2) is 6.04 Å². The van der Waals surface area contributed by atoms with Crippen LogP contribution in [0.3, 0.4) is 0 Å². The lowest BCUT2D eigenvalue weighted by molar-refractivity contribution is -0.146. The van der Waals surface area contributed by atoms with Crippen molar-refractivity contribution in [2.45, 2.75) is 19.4 Å². The summed E-state index contributed by atoms with van der Waals surface area (Å²) in [5.74, 6) is -0.735. The van der Waals surface area contributed by atoms with Gasteiger partial charge in [0.1, 0.15) is 0 Å². The van der Waals surface area contributed by atoms with Gasteiger partial charge < -0.3 is 9.47 Å². The fraction of sp³-hybridized carbons (Fsp3) is 0.385. The molecule has 0 aliphatic heterocycles. The molecule has 0 bridgehead atoms. The highest BCUT2D eigenvalue weighted by Gasteiger charge is 2.33. The lowest BCUT2D eigenvalue weighted by Gasteiger charge is -2.21. The first-order valence-electron chi connectivity index (χ1n) is 6.05. The first kappa shape index (κ1) is 15.6. The average molecular weight is 280 g/mol. The van der Waals surface area contributed by atoms with E-state index in [0.29, 0.717) is 5.01 Å². The van der Waals surface area contributed by atoms with Crippen molar-refractivity contribution < 1.29 is 19.1 Å². The quantitative estimate of drug-likeness (QED) is 0.451. The van der Waals surface area contributed by atoms with Gasteiger partial charge in [-0.3, -0.25) is 0 Å². The molecule has 7 heteroatoms. The third-order valence-corrected chi connectivity index (χ3v) is 2.58. The lowest BCUT2D eigenvalue weighted by atomic mass is 10.1. The Morgan fingerprint density at radius 3 is 2.45 bits per heavy atom. The fourth-order valence-electron chi connectivity index (χ4n) is 1.65. The van der Waals surface area contributed by atoms with Crippen LogP contribution in [0.5, 0.6) is 0 Å². The number of nitrogens with zero attached hydrogens (tertiary/aromatic N) is 2. The van der Waals surface area contributed by atoms with E-state index in [4.69, 9.17) is 4.74 Å². The Labute approximate surface area is 116 Å². The molecular formula is C13H16N2O5. The van der Waals surface area contributed by atoms with Crippen molar-refractivity contribution in [3.05, 3.63) is 40.8 Å². The van der Waals surface area contributed by atoms with Gasteiger partial charge in [-0.1, -0.05) is 30.3 Å². The number of benzene rings is 1. The number of rotatable bonds is 6. The van der Waals surface area contributed by atoms with Crippen LogP contribution in [0.15, 0.2) is 35.6 Å². The minimum absolute atomic E-state index is 0.0735. The number of esters is 1. The first-order valence-corrected chi connectivity index (χ1v) is 6.05. The molecule has 1 amide bonds. The fourth-order valence-corrected chi connectivity index (χ4v) is 1.65. The first-order chi connectivity index (χ1) is 9.63. The van der Waals surface area contributed by atoms with Crippen molar-refractivity contribution in [3.8, 4) is 0 Å². The summed E-state index contributed by atoms with van der Waals surface area (Å²) in [6, 6.07) is 7.77. The molecule has 1 unspecified atom stereocenters. The maximum Gasteiger partial charge on any atom is 0.433 e. The van der Waals surface area contributed by atoms with Gasteiger partial charge in [0.25, 0.3) is 0 Å². The van der Waals surface area contributed by atoms with Gasteiger partial charge in [0.05, 0.1) is 19.0 Å². The highest BCUT2D eigenvalue weighted by Crippen LogP contribution is 2.12. The van der Waals surface area contributed by atoms with Crippen LogP contribution in [-0.4, -0.2) is 36.8 Å². The summed E-state index contributed by atoms with van der Waals surface area (Å²) in [4.78, 5) is 34.2. The number of carbonyl (C=O) groups is 2. The zero-order chi connectivity index (χ0) is 15.0. The van der Waals surface area contributed by atoms with Crippen molar-refractivity contribution in [3.63, 3.8) is 0 Å². The van der Waals surface area contributed by atoms with Gasteiger partial charge in [0, 0.05) is 6.42 Å². The minimum Gasteiger partial charge on any atom is -0.467 e. The maximum absolute atomic E-state index is 11.8. The second-order valence-electron chi connectivity index (χ2n) is 3.85. The molecule has 1 aromatic carbocycles. The van der Waals surface area contributed by atoms with E-state index < -0.39 is 18.1 Å². The van der Waals surface area contributed by atoms with Crippen LogP contribution >= 0.6 is 0 Å². The molecular weight excluding hydrogens is 264 g/mol. The molecule has 0 saturated heterocycles. The summed E-state index contributed by atoms with van der Waals surface area (Å²) < 4.78 is 9.30. The van der Waals surface area contributed by atoms with Gasteiger partial charge in [-0.15, -0.1) is 9.92 Å². The molecule has 1 aromatic rings. The summed E-state index contributed by atoms with van der Waals surface area (Å²) in [5.41, 5.74) is 0.765. The van der Waals surface area contributed by atoms with Crippen LogP contribution in [-0.2, 0) is 20.7 Å². The van der Waals surface area contributed by atoms with E-state index in [1.54, 1.807) is 31.2 Å². The van der Waals surface area contributed by atoms with Gasteiger partial charge in [-0.2, -0.15) is 0 Å². The maximum atomic E-state index is 11.8. The van der Waals surface area contributed by atoms with Crippen LogP contribution in [0.2, 0.25) is 0 Å². The van der Waals surface area contributed by atoms with Crippen molar-refractivity contribution in [1.29, 1.82) is 0 Å². The second kappa shape index (κ2) is 7.88. The van der Waals surface area contributed by atoms with Crippen LogP contribution in [0.4, 0.5) is 4.79 Å². The molecule has 1 rings (SSSR count). The van der Waals surface area contributed by atoms with E-state index in [1.807, 2.05) is 6.07 Å². The van der Waals surface area contributed by atoms with Gasteiger partial charge in [-0.25, -0.2) is 9.59 Å². The van der Waals surface area contributed by atoms with E-state index >= 15 is 0 Å². The Balaban J connectivity index is 2.95. The molecule has 0 spiro atoms. The number of hydrogen-bond acceptors (Lipinski definition) is 6. The van der Waals surface area contributed by atoms with Crippen LogP contribution in [0.25, 0.3) is 0 Å². The molecule has 0 aliphatic carbocycles. The summed E-state index contributed by atoms with van der Waals surface area (Å²) in [6.45, 7) is 1.66. The molecule has 7 nitrogen and oxygen atoms in total. The van der Waals surface area contributed by atoms with Gasteiger partial charge in [0.2, 0.25) is 0 Å². The zero-order valence-corrected chi connectivity index (χ0v) is 11.3. The number of nitroso groups, excluding NO2 is 1. The predicted molar refractivity (Wildman–Crippen MR) is 70.6 cm³/mol. The Morgan fingerprint density at radius 2 is 1.95 bits per heavy atom. The summed E-state index contributed by atoms with van der Waals surface area (Å²) in [5, 5.41) is 3.04. The molecule has 20 heavy (non-hydrogen) atoms. The second-order valence-corrected chi connectivity index (χ2v) is 3.85. The average Bonchev–Trinajstić information content (AvgIpc) is 2.47. The van der Waals surface area contributed by atoms with E-state index in [1.165, 1.54) is 7.11 Å². The lowest BCUT2D eigenvalue weighted by Crippen LogP contribution is -2.43. The van der Waals surface area contributed by atoms with E-state index in [-0.39, 0.29) is 13.0 Å². The smallest absolute Gasteiger partial charge is 0.433 e. The highest BCUT2D eigenvalue weighted by molar-refractivity contribution is 5.81. The van der Waals surface area contributed by atoms with Crippen molar-refractivity contribution >= 4 is 12.1 Å². The van der Waals surface area contributed by atoms with Gasteiger partial charge >= 0.3 is 12.1 Å². The molecule has 108 valence electrons. The number of hydrogen-bond donors (Lipinski definition) is 0. The largest absolute Gasteiger partial charge is 0.467 e. The van der Waals surface area contributed by atoms with E-state index in [2.05, 4.69) is 10.0 Å². The molecule has 0 saturated carbocycles. The summed E-state index contributed by atoms with van der Waals surface area (Å²) in [7, 11) is 1.18. The minimum atomic E-state index is -1.15. The molecule has 1 atom stereocenters. The molecule has 0 fully saturated rings. The third-order valence-electron chi connectivity index (χ3n) is 2.58. The molecule has 0 aliphatic rings. The zero-order valence-electron chi connectivity index (χ0n) is 11.3. The molecule has 0 heterocycles. The monoisotopic (exact) mass is 280 g/mol. The predicted octanol–water partition coefficient (Wildman–Crippen LogP) is 1.91. The number of amides is 1. The Kier molecular flexibility index (Phi) is 6.15. The van der Waals surface area contributed by atoms with Gasteiger partial charge in [-0.05, 0) is 12.5 Å². The van der Waals surface area contributed by atoms with Crippen LogP contribution < -0.4 is 0 Å². The summed E-state index contributed by atoms with van der Waals surface area (Å²) >= 11 is 0. The van der Waals surface area contributed by atoms with Crippen molar-refractivity contribution in [2.75, 3.05) is 13.7 Å². The van der Waals surface area contributed by atoms with Crippen molar-refractivity contribution in [1.82, 2.24) is 5.01 Å². The normalized spacial score (nSPS) is 11.3. The Hall–Kier alpha value is -2.44. The van der Waals surface area contributed by atoms with Crippen LogP contribution in [0.1, 0.15) is 12.5 Å². The van der Waals surface area contributed by atoms with E-state index in [0.717, 1.165) is 5.56 Å². The highest BCUT2D eigenvalue weighted by atomic mass is 16.6. The Morgan fingerprint density at radius 1 is 1.30 bits per heavy atom. The number of methoxy groups -OCH3 is 1. The van der Waals surface area contributed by atoms with Crippen molar-refractivity contribution in [2.24, 2.45) is 5.29 Å². The number of carbonyl (C=O) groups excluding carboxylic acids is 2. The SMILES string of the molecule is CCOC(=O)N(N=O)C(Cc1ccccc1)C(=O)OC. The third kappa shape index (κ3) is 4.04. The molecule has 0 N–H and O–H groups in total.